The second-order valence-corrected chi connectivity index (χ2v) is 5.74. The molecule has 1 aromatic rings. The van der Waals surface area contributed by atoms with Crippen LogP contribution in [0.5, 0.6) is 5.75 Å². The van der Waals surface area contributed by atoms with Crippen LogP contribution in [0, 0.1) is 0 Å². The largest absolute Gasteiger partial charge is 0.489 e. The van der Waals surface area contributed by atoms with Crippen molar-refractivity contribution < 1.29 is 19.0 Å². The third-order valence-electron chi connectivity index (χ3n) is 3.63. The molecule has 5 heteroatoms. The summed E-state index contributed by atoms with van der Waals surface area (Å²) in [4.78, 5) is 11.5. The minimum absolute atomic E-state index is 0.137. The molecule has 24 heavy (non-hydrogen) atoms. The highest BCUT2D eigenvalue weighted by Crippen LogP contribution is 2.19. The number of carbonyl (C=O) groups is 1. The summed E-state index contributed by atoms with van der Waals surface area (Å²) in [6.45, 7) is 3.73. The fourth-order valence-electron chi connectivity index (χ4n) is 2.26. The van der Waals surface area contributed by atoms with E-state index in [4.69, 9.17) is 19.9 Å². The lowest BCUT2D eigenvalue weighted by Crippen LogP contribution is -2.13. The second kappa shape index (κ2) is 13.7. The molecule has 5 nitrogen and oxygen atoms in total. The Morgan fingerprint density at radius 1 is 0.958 bits per heavy atom. The Balaban J connectivity index is 1.89. The molecule has 1 aromatic carbocycles. The number of esters is 1. The molecule has 0 heterocycles. The number of nitrogen functional groups attached to an aromatic ring is 1. The molecule has 0 aliphatic carbocycles. The minimum Gasteiger partial charge on any atom is -0.489 e. The van der Waals surface area contributed by atoms with E-state index < -0.39 is 0 Å². The number of nitrogens with two attached hydrogens (primary N) is 1. The third kappa shape index (κ3) is 10.1. The predicted molar refractivity (Wildman–Crippen MR) is 96.1 cm³/mol. The van der Waals surface area contributed by atoms with Crippen molar-refractivity contribution >= 4 is 11.7 Å². The van der Waals surface area contributed by atoms with Gasteiger partial charge in [0.2, 0.25) is 0 Å². The van der Waals surface area contributed by atoms with Crippen molar-refractivity contribution in [3.63, 3.8) is 0 Å². The standard InChI is InChI=1S/C19H31NO4/c1-2-3-4-5-6-7-12-19(21)24-16-14-22-13-15-23-18-11-9-8-10-17(18)20/h8-11H,2-7,12-16,20H2,1H3. The summed E-state index contributed by atoms with van der Waals surface area (Å²) < 4.78 is 16.0. The molecular formula is C19H31NO4. The van der Waals surface area contributed by atoms with Gasteiger partial charge < -0.3 is 19.9 Å². The molecule has 1 rings (SSSR count). The number of unbranched alkanes of at least 4 members (excludes halogenated alkanes) is 5. The maximum absolute atomic E-state index is 11.5. The number of para-hydroxylation sites is 2. The average molecular weight is 337 g/mol. The van der Waals surface area contributed by atoms with Crippen LogP contribution in [0.1, 0.15) is 51.9 Å². The number of ether oxygens (including phenoxy) is 3. The Bertz CT molecular complexity index is 451. The summed E-state index contributed by atoms with van der Waals surface area (Å²) in [5.74, 6) is 0.522. The van der Waals surface area contributed by atoms with Crippen molar-refractivity contribution in [2.75, 3.05) is 32.2 Å². The van der Waals surface area contributed by atoms with E-state index >= 15 is 0 Å². The Kier molecular flexibility index (Phi) is 11.6. The van der Waals surface area contributed by atoms with Gasteiger partial charge in [-0.2, -0.15) is 0 Å². The molecule has 0 aromatic heterocycles. The number of benzene rings is 1. The maximum Gasteiger partial charge on any atom is 0.305 e. The first-order chi connectivity index (χ1) is 11.7. The molecule has 0 atom stereocenters. The van der Waals surface area contributed by atoms with Crippen LogP contribution in [0.2, 0.25) is 0 Å². The van der Waals surface area contributed by atoms with Crippen molar-refractivity contribution in [1.82, 2.24) is 0 Å². The molecule has 0 saturated carbocycles. The lowest BCUT2D eigenvalue weighted by atomic mass is 10.1. The van der Waals surface area contributed by atoms with E-state index in [9.17, 15) is 4.79 Å². The number of carbonyl (C=O) groups excluding carboxylic acids is 1. The Morgan fingerprint density at radius 2 is 1.67 bits per heavy atom. The highest BCUT2D eigenvalue weighted by molar-refractivity contribution is 5.69. The van der Waals surface area contributed by atoms with Crippen LogP contribution in [0.15, 0.2) is 24.3 Å². The maximum atomic E-state index is 11.5. The number of anilines is 1. The fraction of sp³-hybridized carbons (Fsp3) is 0.632. The van der Waals surface area contributed by atoms with Crippen molar-refractivity contribution in [2.24, 2.45) is 0 Å². The molecule has 0 aliphatic heterocycles. The van der Waals surface area contributed by atoms with Gasteiger partial charge in [-0.05, 0) is 18.6 Å². The van der Waals surface area contributed by atoms with Gasteiger partial charge in [0.25, 0.3) is 0 Å². The molecular weight excluding hydrogens is 306 g/mol. The number of rotatable bonds is 14. The van der Waals surface area contributed by atoms with Gasteiger partial charge >= 0.3 is 5.97 Å². The highest BCUT2D eigenvalue weighted by Gasteiger charge is 2.03. The van der Waals surface area contributed by atoms with Gasteiger partial charge in [-0.15, -0.1) is 0 Å². The van der Waals surface area contributed by atoms with Gasteiger partial charge in [-0.1, -0.05) is 51.2 Å². The van der Waals surface area contributed by atoms with Crippen LogP contribution >= 0.6 is 0 Å². The van der Waals surface area contributed by atoms with Crippen LogP contribution in [-0.2, 0) is 14.3 Å². The molecule has 0 spiro atoms. The first-order valence-corrected chi connectivity index (χ1v) is 8.94. The van der Waals surface area contributed by atoms with Crippen molar-refractivity contribution in [3.05, 3.63) is 24.3 Å². The summed E-state index contributed by atoms with van der Waals surface area (Å²) in [5.41, 5.74) is 6.38. The van der Waals surface area contributed by atoms with E-state index in [2.05, 4.69) is 6.92 Å². The van der Waals surface area contributed by atoms with E-state index in [0.29, 0.717) is 44.3 Å². The van der Waals surface area contributed by atoms with E-state index in [1.165, 1.54) is 25.7 Å². The van der Waals surface area contributed by atoms with E-state index in [-0.39, 0.29) is 5.97 Å². The lowest BCUT2D eigenvalue weighted by molar-refractivity contribution is -0.145. The van der Waals surface area contributed by atoms with Gasteiger partial charge in [0.05, 0.1) is 18.9 Å². The Morgan fingerprint density at radius 3 is 2.46 bits per heavy atom. The summed E-state index contributed by atoms with van der Waals surface area (Å²) in [6, 6.07) is 7.34. The van der Waals surface area contributed by atoms with Gasteiger partial charge in [0.1, 0.15) is 19.0 Å². The van der Waals surface area contributed by atoms with Crippen LogP contribution in [-0.4, -0.2) is 32.4 Å². The quantitative estimate of drug-likeness (QED) is 0.316. The first-order valence-electron chi connectivity index (χ1n) is 8.94. The molecule has 136 valence electrons. The lowest BCUT2D eigenvalue weighted by Gasteiger charge is -2.09. The summed E-state index contributed by atoms with van der Waals surface area (Å²) in [7, 11) is 0. The third-order valence-corrected chi connectivity index (χ3v) is 3.63. The molecule has 0 amide bonds. The molecule has 0 radical (unpaired) electrons. The summed E-state index contributed by atoms with van der Waals surface area (Å²) >= 11 is 0. The first kappa shape index (κ1) is 20.3. The number of hydrogen-bond acceptors (Lipinski definition) is 5. The van der Waals surface area contributed by atoms with Gasteiger partial charge in [0.15, 0.2) is 0 Å². The minimum atomic E-state index is -0.137. The van der Waals surface area contributed by atoms with Crippen molar-refractivity contribution in [3.8, 4) is 5.75 Å². The average Bonchev–Trinajstić information content (AvgIpc) is 2.58. The van der Waals surface area contributed by atoms with Crippen LogP contribution in [0.3, 0.4) is 0 Å². The van der Waals surface area contributed by atoms with Crippen LogP contribution < -0.4 is 10.5 Å². The molecule has 0 fully saturated rings. The molecule has 0 saturated heterocycles. The second-order valence-electron chi connectivity index (χ2n) is 5.74. The normalized spacial score (nSPS) is 10.5. The molecule has 0 bridgehead atoms. The van der Waals surface area contributed by atoms with Gasteiger partial charge in [0, 0.05) is 6.42 Å². The SMILES string of the molecule is CCCCCCCCC(=O)OCCOCCOc1ccccc1N. The van der Waals surface area contributed by atoms with Gasteiger partial charge in [-0.25, -0.2) is 0 Å². The fourth-order valence-corrected chi connectivity index (χ4v) is 2.26. The van der Waals surface area contributed by atoms with E-state index in [1.54, 1.807) is 6.07 Å². The molecule has 2 N–H and O–H groups in total. The molecule has 0 unspecified atom stereocenters. The predicted octanol–water partition coefficient (Wildman–Crippen LogP) is 3.96. The zero-order valence-electron chi connectivity index (χ0n) is 14.8. The Hall–Kier alpha value is -1.75. The van der Waals surface area contributed by atoms with Crippen molar-refractivity contribution in [2.45, 2.75) is 51.9 Å². The number of hydrogen-bond donors (Lipinski definition) is 1. The van der Waals surface area contributed by atoms with Crippen LogP contribution in [0.4, 0.5) is 5.69 Å². The summed E-state index contributed by atoms with van der Waals surface area (Å²) in [6.07, 6.45) is 7.50. The molecule has 0 aliphatic rings. The smallest absolute Gasteiger partial charge is 0.305 e. The Labute approximate surface area is 145 Å². The van der Waals surface area contributed by atoms with E-state index in [1.807, 2.05) is 18.2 Å². The van der Waals surface area contributed by atoms with Crippen LogP contribution in [0.25, 0.3) is 0 Å². The zero-order valence-corrected chi connectivity index (χ0v) is 14.8. The summed E-state index contributed by atoms with van der Waals surface area (Å²) in [5, 5.41) is 0. The monoisotopic (exact) mass is 337 g/mol. The van der Waals surface area contributed by atoms with Gasteiger partial charge in [-0.3, -0.25) is 4.79 Å². The topological polar surface area (TPSA) is 70.8 Å². The highest BCUT2D eigenvalue weighted by atomic mass is 16.6. The zero-order chi connectivity index (χ0) is 17.5. The van der Waals surface area contributed by atoms with E-state index in [0.717, 1.165) is 12.8 Å². The van der Waals surface area contributed by atoms with Crippen molar-refractivity contribution in [1.29, 1.82) is 0 Å².